The van der Waals surface area contributed by atoms with E-state index in [4.69, 9.17) is 42.3 Å². The number of ether oxygens (including phenoxy) is 3. The van der Waals surface area contributed by atoms with E-state index in [1.54, 1.807) is 12.3 Å². The molecule has 0 saturated heterocycles. The van der Waals surface area contributed by atoms with Crippen LogP contribution in [0.3, 0.4) is 0 Å². The van der Waals surface area contributed by atoms with Gasteiger partial charge in [-0.05, 0) is 82.7 Å². The van der Waals surface area contributed by atoms with Crippen LogP contribution in [0, 0.1) is 6.92 Å². The molecule has 1 aromatic carbocycles. The fourth-order valence-corrected chi connectivity index (χ4v) is 2.89. The van der Waals surface area contributed by atoms with Gasteiger partial charge < -0.3 is 19.0 Å². The van der Waals surface area contributed by atoms with Crippen molar-refractivity contribution in [1.29, 1.82) is 0 Å². The highest BCUT2D eigenvalue weighted by atomic mass is 35.5. The van der Waals surface area contributed by atoms with Crippen molar-refractivity contribution in [3.8, 4) is 11.5 Å². The summed E-state index contributed by atoms with van der Waals surface area (Å²) in [6.07, 6.45) is 8.42. The lowest BCUT2D eigenvalue weighted by molar-refractivity contribution is 0.000667. The number of nitrogens with zero attached hydrogens (tertiary/aromatic N) is 1. The van der Waals surface area contributed by atoms with Gasteiger partial charge in [-0.1, -0.05) is 41.7 Å². The maximum atomic E-state index is 6.08. The molecule has 0 heterocycles. The van der Waals surface area contributed by atoms with Crippen LogP contribution in [0.15, 0.2) is 27.9 Å². The molecule has 0 spiro atoms. The van der Waals surface area contributed by atoms with Gasteiger partial charge in [-0.3, -0.25) is 0 Å². The van der Waals surface area contributed by atoms with Crippen LogP contribution in [0.4, 0.5) is 0 Å². The molecule has 0 aliphatic carbocycles. The standard InChI is InChI=1S/C24H37Cl2NO4/c1-6-20-18-21(29-15-11-22(25)26)17-19(2)23(20)30-14-10-8-7-9-13-28-16-12-27-31-24(3,4)5/h11-12,17-18H,6-10,13-16H2,1-5H3/b27-12+. The zero-order valence-corrected chi connectivity index (χ0v) is 21.0. The Hall–Kier alpha value is -1.43. The Morgan fingerprint density at radius 3 is 2.35 bits per heavy atom. The zero-order valence-electron chi connectivity index (χ0n) is 19.5. The first-order valence-electron chi connectivity index (χ1n) is 10.9. The molecule has 0 N–H and O–H groups in total. The van der Waals surface area contributed by atoms with Gasteiger partial charge in [-0.25, -0.2) is 0 Å². The van der Waals surface area contributed by atoms with E-state index in [1.165, 1.54) is 0 Å². The smallest absolute Gasteiger partial charge is 0.129 e. The summed E-state index contributed by atoms with van der Waals surface area (Å²) < 4.78 is 17.5. The van der Waals surface area contributed by atoms with Crippen molar-refractivity contribution in [3.63, 3.8) is 0 Å². The molecule has 0 bridgehead atoms. The Morgan fingerprint density at radius 2 is 1.71 bits per heavy atom. The number of hydrogen-bond acceptors (Lipinski definition) is 5. The number of aryl methyl sites for hydroxylation is 2. The molecule has 31 heavy (non-hydrogen) atoms. The summed E-state index contributed by atoms with van der Waals surface area (Å²) in [7, 11) is 0. The van der Waals surface area contributed by atoms with E-state index in [1.807, 2.05) is 39.8 Å². The summed E-state index contributed by atoms with van der Waals surface area (Å²) in [5.74, 6) is 1.75. The molecule has 0 atom stereocenters. The van der Waals surface area contributed by atoms with E-state index in [-0.39, 0.29) is 10.1 Å². The molecule has 0 aromatic heterocycles. The Kier molecular flexibility index (Phi) is 13.7. The average Bonchev–Trinajstić information content (AvgIpc) is 2.68. The topological polar surface area (TPSA) is 49.3 Å². The molecule has 7 heteroatoms. The summed E-state index contributed by atoms with van der Waals surface area (Å²) in [6, 6.07) is 4.00. The highest BCUT2D eigenvalue weighted by Gasteiger charge is 2.10. The lowest BCUT2D eigenvalue weighted by Gasteiger charge is -2.15. The van der Waals surface area contributed by atoms with Crippen LogP contribution in [0.5, 0.6) is 11.5 Å². The van der Waals surface area contributed by atoms with Crippen LogP contribution < -0.4 is 9.47 Å². The zero-order chi connectivity index (χ0) is 23.1. The molecular weight excluding hydrogens is 437 g/mol. The first kappa shape index (κ1) is 27.6. The Morgan fingerprint density at radius 1 is 1.00 bits per heavy atom. The predicted octanol–water partition coefficient (Wildman–Crippen LogP) is 7.01. The third kappa shape index (κ3) is 13.6. The molecule has 1 aromatic rings. The highest BCUT2D eigenvalue weighted by Crippen LogP contribution is 2.30. The number of halogens is 2. The van der Waals surface area contributed by atoms with Crippen molar-refractivity contribution in [2.24, 2.45) is 5.16 Å². The van der Waals surface area contributed by atoms with Gasteiger partial charge in [0.05, 0.1) is 19.4 Å². The minimum absolute atomic E-state index is 0.207. The first-order valence-corrected chi connectivity index (χ1v) is 11.7. The van der Waals surface area contributed by atoms with Crippen LogP contribution in [-0.2, 0) is 16.0 Å². The molecule has 0 amide bonds. The van der Waals surface area contributed by atoms with Crippen LogP contribution >= 0.6 is 23.2 Å². The fraction of sp³-hybridized carbons (Fsp3) is 0.625. The second-order valence-corrected chi connectivity index (χ2v) is 9.22. The van der Waals surface area contributed by atoms with Gasteiger partial charge in [-0.2, -0.15) is 0 Å². The van der Waals surface area contributed by atoms with Gasteiger partial charge in [0.15, 0.2) is 0 Å². The number of oxime groups is 1. The number of unbranched alkanes of at least 4 members (excludes halogenated alkanes) is 3. The van der Waals surface area contributed by atoms with E-state index in [2.05, 4.69) is 12.1 Å². The van der Waals surface area contributed by atoms with E-state index in [9.17, 15) is 0 Å². The second-order valence-electron chi connectivity index (χ2n) is 8.22. The molecule has 1 rings (SSSR count). The molecule has 0 radical (unpaired) electrons. The summed E-state index contributed by atoms with van der Waals surface area (Å²) in [4.78, 5) is 5.25. The second kappa shape index (κ2) is 15.4. The van der Waals surface area contributed by atoms with E-state index < -0.39 is 0 Å². The summed E-state index contributed by atoms with van der Waals surface area (Å²) in [5.41, 5.74) is 1.95. The molecular formula is C24H37Cl2NO4. The van der Waals surface area contributed by atoms with Crippen molar-refractivity contribution in [2.45, 2.75) is 72.3 Å². The largest absolute Gasteiger partial charge is 0.493 e. The minimum atomic E-state index is -0.262. The Bertz CT molecular complexity index is 696. The molecule has 0 fully saturated rings. The predicted molar refractivity (Wildman–Crippen MR) is 130 cm³/mol. The van der Waals surface area contributed by atoms with Gasteiger partial charge in [0.1, 0.15) is 28.2 Å². The summed E-state index contributed by atoms with van der Waals surface area (Å²) in [5, 5.41) is 3.89. The monoisotopic (exact) mass is 473 g/mol. The Labute approximate surface area is 197 Å². The van der Waals surface area contributed by atoms with Crippen LogP contribution in [0.2, 0.25) is 0 Å². The lowest BCUT2D eigenvalue weighted by Crippen LogP contribution is -2.15. The molecule has 0 unspecified atom stereocenters. The van der Waals surface area contributed by atoms with Gasteiger partial charge in [0, 0.05) is 6.61 Å². The van der Waals surface area contributed by atoms with Crippen molar-refractivity contribution in [3.05, 3.63) is 33.8 Å². The van der Waals surface area contributed by atoms with E-state index >= 15 is 0 Å². The van der Waals surface area contributed by atoms with Gasteiger partial charge in [0.25, 0.3) is 0 Å². The lowest BCUT2D eigenvalue weighted by atomic mass is 10.1. The van der Waals surface area contributed by atoms with E-state index in [0.29, 0.717) is 19.8 Å². The number of hydrogen-bond donors (Lipinski definition) is 0. The molecule has 176 valence electrons. The van der Waals surface area contributed by atoms with Crippen LogP contribution in [-0.4, -0.2) is 38.2 Å². The first-order chi connectivity index (χ1) is 14.7. The normalized spacial score (nSPS) is 11.6. The third-order valence-corrected chi connectivity index (χ3v) is 4.53. The highest BCUT2D eigenvalue weighted by molar-refractivity contribution is 6.55. The summed E-state index contributed by atoms with van der Waals surface area (Å²) >= 11 is 11.2. The quantitative estimate of drug-likeness (QED) is 0.156. The molecule has 0 aliphatic heterocycles. The van der Waals surface area contributed by atoms with Crippen LogP contribution in [0.1, 0.15) is 64.5 Å². The van der Waals surface area contributed by atoms with E-state index in [0.717, 1.165) is 61.3 Å². The van der Waals surface area contributed by atoms with Crippen molar-refractivity contribution < 1.29 is 19.0 Å². The Balaban J connectivity index is 2.23. The van der Waals surface area contributed by atoms with Crippen molar-refractivity contribution >= 4 is 29.4 Å². The summed E-state index contributed by atoms with van der Waals surface area (Å²) in [6.45, 7) is 12.3. The fourth-order valence-electron chi connectivity index (χ4n) is 2.76. The average molecular weight is 474 g/mol. The van der Waals surface area contributed by atoms with Crippen LogP contribution in [0.25, 0.3) is 0 Å². The maximum absolute atomic E-state index is 6.08. The molecule has 0 saturated carbocycles. The van der Waals surface area contributed by atoms with Gasteiger partial charge >= 0.3 is 0 Å². The minimum Gasteiger partial charge on any atom is -0.493 e. The molecule has 0 aliphatic rings. The number of rotatable bonds is 15. The van der Waals surface area contributed by atoms with Crippen molar-refractivity contribution in [1.82, 2.24) is 0 Å². The molecule has 5 nitrogen and oxygen atoms in total. The number of benzene rings is 1. The SMILES string of the molecule is CCc1cc(OCC=C(Cl)Cl)cc(C)c1OCCCCCCOC/C=N/OC(C)(C)C. The third-order valence-electron chi connectivity index (χ3n) is 4.22. The van der Waals surface area contributed by atoms with Gasteiger partial charge in [0.2, 0.25) is 0 Å². The van der Waals surface area contributed by atoms with Gasteiger partial charge in [-0.15, -0.1) is 0 Å². The van der Waals surface area contributed by atoms with Crippen molar-refractivity contribution in [2.75, 3.05) is 26.4 Å². The maximum Gasteiger partial charge on any atom is 0.129 e.